The predicted molar refractivity (Wildman–Crippen MR) is 81.7 cm³/mol. The second kappa shape index (κ2) is 5.37. The van der Waals surface area contributed by atoms with E-state index in [0.29, 0.717) is 11.3 Å². The van der Waals surface area contributed by atoms with Crippen molar-refractivity contribution in [2.75, 3.05) is 4.90 Å². The third-order valence-electron chi connectivity index (χ3n) is 3.93. The van der Waals surface area contributed by atoms with Crippen molar-refractivity contribution < 1.29 is 13.6 Å². The molecule has 3 rings (SSSR count). The summed E-state index contributed by atoms with van der Waals surface area (Å²) in [4.78, 5) is 13.7. The van der Waals surface area contributed by atoms with E-state index in [0.717, 1.165) is 0 Å². The van der Waals surface area contributed by atoms with Crippen molar-refractivity contribution in [2.24, 2.45) is 0 Å². The van der Waals surface area contributed by atoms with Crippen molar-refractivity contribution in [3.63, 3.8) is 0 Å². The van der Waals surface area contributed by atoms with Crippen molar-refractivity contribution in [3.05, 3.63) is 78.6 Å². The van der Waals surface area contributed by atoms with E-state index >= 15 is 4.39 Å². The van der Waals surface area contributed by atoms with Gasteiger partial charge in [-0.1, -0.05) is 36.4 Å². The lowest BCUT2D eigenvalue weighted by Gasteiger charge is -2.51. The molecular weight excluding hydrogens is 284 g/mol. The van der Waals surface area contributed by atoms with Crippen molar-refractivity contribution in [1.29, 1.82) is 0 Å². The molecule has 22 heavy (non-hydrogen) atoms. The van der Waals surface area contributed by atoms with Crippen molar-refractivity contribution in [1.82, 2.24) is 0 Å². The summed E-state index contributed by atoms with van der Waals surface area (Å²) in [6.07, 6.45) is 1.36. The number of carbonyl (C=O) groups is 1. The van der Waals surface area contributed by atoms with Gasteiger partial charge in [0.15, 0.2) is 0 Å². The Morgan fingerprint density at radius 2 is 1.77 bits per heavy atom. The Kier molecular flexibility index (Phi) is 3.53. The Morgan fingerprint density at radius 3 is 2.36 bits per heavy atom. The van der Waals surface area contributed by atoms with E-state index < -0.39 is 23.4 Å². The van der Waals surface area contributed by atoms with Gasteiger partial charge in [-0.05, 0) is 29.8 Å². The van der Waals surface area contributed by atoms with Gasteiger partial charge in [0.05, 0.1) is 0 Å². The zero-order valence-electron chi connectivity index (χ0n) is 11.9. The van der Waals surface area contributed by atoms with Crippen LogP contribution >= 0.6 is 0 Å². The van der Waals surface area contributed by atoms with E-state index in [1.165, 1.54) is 35.2 Å². The fourth-order valence-corrected chi connectivity index (χ4v) is 2.90. The van der Waals surface area contributed by atoms with Gasteiger partial charge < -0.3 is 0 Å². The van der Waals surface area contributed by atoms with E-state index in [2.05, 4.69) is 6.58 Å². The highest BCUT2D eigenvalue weighted by Crippen LogP contribution is 2.50. The Morgan fingerprint density at radius 1 is 1.14 bits per heavy atom. The normalized spacial score (nSPS) is 24.0. The highest BCUT2D eigenvalue weighted by molar-refractivity contribution is 6.08. The average molecular weight is 299 g/mol. The van der Waals surface area contributed by atoms with Crippen molar-refractivity contribution >= 4 is 11.6 Å². The van der Waals surface area contributed by atoms with Crippen LogP contribution in [0.3, 0.4) is 0 Å². The van der Waals surface area contributed by atoms with E-state index in [1.54, 1.807) is 24.3 Å². The highest BCUT2D eigenvalue weighted by Gasteiger charge is 2.62. The van der Waals surface area contributed by atoms with Gasteiger partial charge in [0.1, 0.15) is 11.9 Å². The zero-order chi connectivity index (χ0) is 15.7. The smallest absolute Gasteiger partial charge is 0.268 e. The molecule has 1 amide bonds. The van der Waals surface area contributed by atoms with Crippen LogP contribution in [0.25, 0.3) is 0 Å². The van der Waals surface area contributed by atoms with Gasteiger partial charge in [-0.2, -0.15) is 0 Å². The van der Waals surface area contributed by atoms with Crippen molar-refractivity contribution in [3.8, 4) is 0 Å². The van der Waals surface area contributed by atoms with Gasteiger partial charge in [-0.3, -0.25) is 9.69 Å². The number of anilines is 1. The number of rotatable bonds is 4. The van der Waals surface area contributed by atoms with E-state index in [4.69, 9.17) is 0 Å². The van der Waals surface area contributed by atoms with Gasteiger partial charge in [0.25, 0.3) is 5.91 Å². The lowest BCUT2D eigenvalue weighted by molar-refractivity contribution is -0.142. The SMILES string of the molecule is C=CC[C@@]1(F)C(=O)N(c2ccc(F)cc2)[C@@H]1c1ccccc1. The third kappa shape index (κ3) is 2.11. The molecule has 1 aliphatic rings. The molecule has 1 fully saturated rings. The molecule has 4 heteroatoms. The van der Waals surface area contributed by atoms with Gasteiger partial charge in [0.2, 0.25) is 5.67 Å². The minimum absolute atomic E-state index is 0.0525. The molecule has 0 radical (unpaired) electrons. The summed E-state index contributed by atoms with van der Waals surface area (Å²) in [5.74, 6) is -1.02. The lowest BCUT2D eigenvalue weighted by Crippen LogP contribution is -2.66. The Hall–Kier alpha value is -2.49. The van der Waals surface area contributed by atoms with Gasteiger partial charge in [-0.15, -0.1) is 6.58 Å². The van der Waals surface area contributed by atoms with Crippen LogP contribution in [-0.2, 0) is 4.79 Å². The van der Waals surface area contributed by atoms with Crippen LogP contribution in [0.5, 0.6) is 0 Å². The first kappa shape index (κ1) is 14.4. The van der Waals surface area contributed by atoms with Crippen LogP contribution in [0.2, 0.25) is 0 Å². The number of amides is 1. The molecule has 0 bridgehead atoms. The van der Waals surface area contributed by atoms with Gasteiger partial charge in [-0.25, -0.2) is 8.78 Å². The van der Waals surface area contributed by atoms with Crippen LogP contribution < -0.4 is 4.90 Å². The topological polar surface area (TPSA) is 20.3 Å². The molecule has 2 nitrogen and oxygen atoms in total. The van der Waals surface area contributed by atoms with Crippen LogP contribution in [0.4, 0.5) is 14.5 Å². The molecule has 0 saturated carbocycles. The summed E-state index contributed by atoms with van der Waals surface area (Å²) >= 11 is 0. The van der Waals surface area contributed by atoms with Gasteiger partial charge in [0, 0.05) is 12.1 Å². The average Bonchev–Trinajstić information content (AvgIpc) is 2.54. The van der Waals surface area contributed by atoms with E-state index in [-0.39, 0.29) is 6.42 Å². The number of nitrogens with zero attached hydrogens (tertiary/aromatic N) is 1. The summed E-state index contributed by atoms with van der Waals surface area (Å²) in [5.41, 5.74) is -0.814. The Balaban J connectivity index is 2.04. The number of allylic oxidation sites excluding steroid dienone is 1. The third-order valence-corrected chi connectivity index (χ3v) is 3.93. The van der Waals surface area contributed by atoms with Crippen LogP contribution in [0.1, 0.15) is 18.0 Å². The maximum absolute atomic E-state index is 15.1. The first-order chi connectivity index (χ1) is 10.6. The number of benzene rings is 2. The van der Waals surface area contributed by atoms with Gasteiger partial charge >= 0.3 is 0 Å². The maximum atomic E-state index is 15.1. The second-order valence-corrected chi connectivity index (χ2v) is 5.32. The minimum atomic E-state index is -2.00. The number of halogens is 2. The zero-order valence-corrected chi connectivity index (χ0v) is 11.9. The fraction of sp³-hybridized carbons (Fsp3) is 0.167. The monoisotopic (exact) mass is 299 g/mol. The molecule has 0 spiro atoms. The summed E-state index contributed by atoms with van der Waals surface area (Å²) in [5, 5.41) is 0. The number of alkyl halides is 1. The number of hydrogen-bond acceptors (Lipinski definition) is 1. The highest BCUT2D eigenvalue weighted by atomic mass is 19.1. The van der Waals surface area contributed by atoms with Crippen molar-refractivity contribution in [2.45, 2.75) is 18.1 Å². The molecule has 0 unspecified atom stereocenters. The summed E-state index contributed by atoms with van der Waals surface area (Å²) in [6, 6.07) is 13.8. The summed E-state index contributed by atoms with van der Waals surface area (Å²) < 4.78 is 28.2. The number of hydrogen-bond donors (Lipinski definition) is 0. The van der Waals surface area contributed by atoms with Crippen LogP contribution in [0, 0.1) is 5.82 Å². The Bertz CT molecular complexity index is 699. The molecule has 112 valence electrons. The van der Waals surface area contributed by atoms with Crippen LogP contribution in [-0.4, -0.2) is 11.6 Å². The maximum Gasteiger partial charge on any atom is 0.268 e. The molecule has 2 aromatic carbocycles. The quantitative estimate of drug-likeness (QED) is 0.612. The number of carbonyl (C=O) groups excluding carboxylic acids is 1. The molecule has 0 aliphatic carbocycles. The lowest BCUT2D eigenvalue weighted by atomic mass is 9.77. The minimum Gasteiger partial charge on any atom is -0.298 e. The molecular formula is C18H15F2NO. The predicted octanol–water partition coefficient (Wildman–Crippen LogP) is 4.20. The fourth-order valence-electron chi connectivity index (χ4n) is 2.90. The van der Waals surface area contributed by atoms with Crippen LogP contribution in [0.15, 0.2) is 67.3 Å². The number of β-lactam (4-membered cyclic amide) rings is 1. The molecule has 1 saturated heterocycles. The molecule has 0 N–H and O–H groups in total. The molecule has 1 aliphatic heterocycles. The molecule has 2 aromatic rings. The summed E-state index contributed by atoms with van der Waals surface area (Å²) in [7, 11) is 0. The van der Waals surface area contributed by atoms with E-state index in [1.807, 2.05) is 6.07 Å². The first-order valence-corrected chi connectivity index (χ1v) is 7.02. The first-order valence-electron chi connectivity index (χ1n) is 7.02. The molecule has 1 heterocycles. The standard InChI is InChI=1S/C18H15F2NO/c1-2-12-18(20)16(13-6-4-3-5-7-13)21(17(18)22)15-10-8-14(19)9-11-15/h2-11,16H,1,12H2/t16-,18+/m1/s1. The second-order valence-electron chi connectivity index (χ2n) is 5.32. The summed E-state index contributed by atoms with van der Waals surface area (Å²) in [6.45, 7) is 3.54. The molecule has 2 atom stereocenters. The largest absolute Gasteiger partial charge is 0.298 e. The molecule has 0 aromatic heterocycles. The van der Waals surface area contributed by atoms with E-state index in [9.17, 15) is 9.18 Å². The Labute approximate surface area is 127 Å².